The van der Waals surface area contributed by atoms with Crippen molar-refractivity contribution in [1.29, 1.82) is 0 Å². The Hall–Kier alpha value is -2.41. The van der Waals surface area contributed by atoms with Crippen LogP contribution in [-0.2, 0) is 4.79 Å². The highest BCUT2D eigenvalue weighted by Crippen LogP contribution is 2.44. The molecule has 1 N–H and O–H groups in total. The fourth-order valence-electron chi connectivity index (χ4n) is 5.28. The van der Waals surface area contributed by atoms with E-state index in [1.165, 1.54) is 0 Å². The number of fused-ring (bicyclic) bond motifs is 2. The van der Waals surface area contributed by atoms with Crippen molar-refractivity contribution < 1.29 is 9.59 Å². The highest BCUT2D eigenvalue weighted by atomic mass is 16.2. The summed E-state index contributed by atoms with van der Waals surface area (Å²) in [6, 6.07) is 7.68. The summed E-state index contributed by atoms with van der Waals surface area (Å²) in [5.74, 6) is 0.374. The molecule has 3 aliphatic rings. The third kappa shape index (κ3) is 2.48. The van der Waals surface area contributed by atoms with Gasteiger partial charge in [0, 0.05) is 50.6 Å². The fourth-order valence-corrected chi connectivity index (χ4v) is 5.28. The molecule has 2 aromatic rings. The van der Waals surface area contributed by atoms with Crippen LogP contribution in [-0.4, -0.2) is 83.0 Å². The average Bonchev–Trinajstić information content (AvgIpc) is 3.42. The van der Waals surface area contributed by atoms with E-state index in [-0.39, 0.29) is 17.7 Å². The highest BCUT2D eigenvalue weighted by Gasteiger charge is 2.58. The molecule has 1 aromatic heterocycles. The summed E-state index contributed by atoms with van der Waals surface area (Å²) in [6.45, 7) is 4.44. The molecule has 5 rings (SSSR count). The molecule has 7 nitrogen and oxygen atoms in total. The van der Waals surface area contributed by atoms with Gasteiger partial charge in [0.15, 0.2) is 5.69 Å². The maximum Gasteiger partial charge on any atom is 0.275 e. The average molecular weight is 367 g/mol. The molecule has 0 aliphatic carbocycles. The van der Waals surface area contributed by atoms with E-state index in [0.29, 0.717) is 18.8 Å². The second-order valence-corrected chi connectivity index (χ2v) is 8.35. The second kappa shape index (κ2) is 6.05. The number of H-pyrrole nitrogens is 1. The molecule has 0 radical (unpaired) electrons. The zero-order chi connectivity index (χ0) is 18.6. The van der Waals surface area contributed by atoms with E-state index < -0.39 is 5.41 Å². The molecule has 0 spiro atoms. The van der Waals surface area contributed by atoms with Crippen LogP contribution in [0.1, 0.15) is 23.3 Å². The smallest absolute Gasteiger partial charge is 0.275 e. The molecule has 7 heteroatoms. The fraction of sp³-hybridized carbons (Fsp3) is 0.550. The monoisotopic (exact) mass is 367 g/mol. The van der Waals surface area contributed by atoms with Gasteiger partial charge >= 0.3 is 0 Å². The van der Waals surface area contributed by atoms with Gasteiger partial charge in [-0.05, 0) is 26.0 Å². The molecule has 27 heavy (non-hydrogen) atoms. The van der Waals surface area contributed by atoms with Gasteiger partial charge in [0.1, 0.15) is 0 Å². The van der Waals surface area contributed by atoms with E-state index in [1.54, 1.807) is 0 Å². The van der Waals surface area contributed by atoms with Crippen LogP contribution < -0.4 is 0 Å². The van der Waals surface area contributed by atoms with Crippen LogP contribution >= 0.6 is 0 Å². The van der Waals surface area contributed by atoms with Gasteiger partial charge in [0.2, 0.25) is 5.91 Å². The Morgan fingerprint density at radius 3 is 2.70 bits per heavy atom. The molecule has 3 saturated heterocycles. The predicted octanol–water partition coefficient (Wildman–Crippen LogP) is 1.19. The van der Waals surface area contributed by atoms with Crippen LogP contribution in [0.4, 0.5) is 0 Å². The third-order valence-electron chi connectivity index (χ3n) is 6.56. The van der Waals surface area contributed by atoms with Crippen molar-refractivity contribution in [2.75, 3.05) is 46.3 Å². The number of nitrogens with one attached hydrogen (secondary N) is 1. The van der Waals surface area contributed by atoms with Crippen molar-refractivity contribution in [3.63, 3.8) is 0 Å². The zero-order valence-electron chi connectivity index (χ0n) is 15.6. The maximum atomic E-state index is 13.4. The van der Waals surface area contributed by atoms with Gasteiger partial charge in [-0.1, -0.05) is 18.2 Å². The minimum Gasteiger partial charge on any atom is -0.342 e. The summed E-state index contributed by atoms with van der Waals surface area (Å²) in [7, 11) is 2.07. The molecule has 3 aliphatic heterocycles. The van der Waals surface area contributed by atoms with Crippen LogP contribution in [0.2, 0.25) is 0 Å². The van der Waals surface area contributed by atoms with Crippen molar-refractivity contribution in [2.45, 2.75) is 12.8 Å². The number of likely N-dealkylation sites (tertiary alicyclic amines) is 3. The molecule has 0 unspecified atom stereocenters. The number of hydrogen-bond donors (Lipinski definition) is 1. The summed E-state index contributed by atoms with van der Waals surface area (Å²) < 4.78 is 0. The summed E-state index contributed by atoms with van der Waals surface area (Å²) in [5.41, 5.74) is 0.867. The molecular formula is C20H25N5O2. The number of aromatic nitrogens is 2. The van der Waals surface area contributed by atoms with Crippen molar-refractivity contribution in [3.8, 4) is 0 Å². The van der Waals surface area contributed by atoms with Crippen LogP contribution in [0.15, 0.2) is 24.3 Å². The lowest BCUT2D eigenvalue weighted by Crippen LogP contribution is -2.49. The van der Waals surface area contributed by atoms with Crippen molar-refractivity contribution in [2.24, 2.45) is 11.3 Å². The zero-order valence-corrected chi connectivity index (χ0v) is 15.6. The number of hydrogen-bond acceptors (Lipinski definition) is 4. The molecule has 2 amide bonds. The predicted molar refractivity (Wildman–Crippen MR) is 101 cm³/mol. The Balaban J connectivity index is 1.44. The number of nitrogens with zero attached hydrogens (tertiary/aromatic N) is 4. The van der Waals surface area contributed by atoms with E-state index in [0.717, 1.165) is 49.9 Å². The maximum absolute atomic E-state index is 13.4. The molecule has 3 fully saturated rings. The Labute approximate surface area is 158 Å². The summed E-state index contributed by atoms with van der Waals surface area (Å²) in [6.07, 6.45) is 2.18. The van der Waals surface area contributed by atoms with Gasteiger partial charge in [-0.15, -0.1) is 0 Å². The van der Waals surface area contributed by atoms with E-state index in [9.17, 15) is 9.59 Å². The first kappa shape index (κ1) is 16.7. The number of carbonyl (C=O) groups excluding carboxylic acids is 2. The number of aromatic amines is 1. The number of carbonyl (C=O) groups is 2. The first-order valence-electron chi connectivity index (χ1n) is 9.79. The number of amides is 2. The van der Waals surface area contributed by atoms with E-state index in [4.69, 9.17) is 0 Å². The van der Waals surface area contributed by atoms with Gasteiger partial charge in [0.25, 0.3) is 5.91 Å². The van der Waals surface area contributed by atoms with Crippen molar-refractivity contribution in [3.05, 3.63) is 30.0 Å². The normalized spacial score (nSPS) is 28.3. The number of rotatable bonds is 2. The highest BCUT2D eigenvalue weighted by molar-refractivity contribution is 6.05. The molecule has 2 atom stereocenters. The van der Waals surface area contributed by atoms with Gasteiger partial charge in [-0.3, -0.25) is 14.7 Å². The summed E-state index contributed by atoms with van der Waals surface area (Å²) in [4.78, 5) is 32.7. The van der Waals surface area contributed by atoms with E-state index in [2.05, 4.69) is 22.1 Å². The quantitative estimate of drug-likeness (QED) is 0.865. The van der Waals surface area contributed by atoms with Crippen molar-refractivity contribution in [1.82, 2.24) is 24.9 Å². The van der Waals surface area contributed by atoms with E-state index >= 15 is 0 Å². The molecule has 142 valence electrons. The SMILES string of the molecule is CN1C[C@H]2CN(C(=O)c3n[nH]c4ccccc34)C[C@@]2(C(=O)N2CCCC2)C1. The topological polar surface area (TPSA) is 72.5 Å². The molecule has 0 saturated carbocycles. The standard InChI is InChI=1S/C20H25N5O2/c1-23-10-14-11-25(13-20(14,12-23)19(27)24-8-4-5-9-24)18(26)17-15-6-2-3-7-16(15)21-22-17/h2-3,6-7,14H,4-5,8-13H2,1H3,(H,21,22)/t14-,20-/m0/s1. The van der Waals surface area contributed by atoms with Crippen LogP contribution in [0.3, 0.4) is 0 Å². The van der Waals surface area contributed by atoms with Gasteiger partial charge in [0.05, 0.1) is 10.9 Å². The Morgan fingerprint density at radius 1 is 1.11 bits per heavy atom. The van der Waals surface area contributed by atoms with Gasteiger partial charge in [-0.25, -0.2) is 0 Å². The van der Waals surface area contributed by atoms with Crippen LogP contribution in [0.5, 0.6) is 0 Å². The Bertz CT molecular complexity index is 903. The van der Waals surface area contributed by atoms with Crippen LogP contribution in [0, 0.1) is 11.3 Å². The lowest BCUT2D eigenvalue weighted by atomic mass is 9.79. The largest absolute Gasteiger partial charge is 0.342 e. The Morgan fingerprint density at radius 2 is 1.89 bits per heavy atom. The van der Waals surface area contributed by atoms with Gasteiger partial charge < -0.3 is 14.7 Å². The third-order valence-corrected chi connectivity index (χ3v) is 6.56. The van der Waals surface area contributed by atoms with E-state index in [1.807, 2.05) is 34.1 Å². The number of benzene rings is 1. The molecular weight excluding hydrogens is 342 g/mol. The van der Waals surface area contributed by atoms with Crippen LogP contribution in [0.25, 0.3) is 10.9 Å². The van der Waals surface area contributed by atoms with Crippen molar-refractivity contribution >= 4 is 22.7 Å². The number of para-hydroxylation sites is 1. The minimum absolute atomic E-state index is 0.0712. The first-order chi connectivity index (χ1) is 13.1. The lowest BCUT2D eigenvalue weighted by molar-refractivity contribution is -0.141. The second-order valence-electron chi connectivity index (χ2n) is 8.35. The summed E-state index contributed by atoms with van der Waals surface area (Å²) >= 11 is 0. The Kier molecular flexibility index (Phi) is 3.75. The summed E-state index contributed by atoms with van der Waals surface area (Å²) in [5, 5.41) is 8.06. The lowest BCUT2D eigenvalue weighted by Gasteiger charge is -2.32. The minimum atomic E-state index is -0.457. The molecule has 1 aromatic carbocycles. The molecule has 4 heterocycles. The molecule has 0 bridgehead atoms. The first-order valence-corrected chi connectivity index (χ1v) is 9.79. The van der Waals surface area contributed by atoms with Gasteiger partial charge in [-0.2, -0.15) is 5.10 Å².